The van der Waals surface area contributed by atoms with Crippen LogP contribution in [0.4, 0.5) is 0 Å². The van der Waals surface area contributed by atoms with Gasteiger partial charge in [0.2, 0.25) is 0 Å². The Morgan fingerprint density at radius 1 is 1.59 bits per heavy atom. The summed E-state index contributed by atoms with van der Waals surface area (Å²) >= 11 is 8.26. The highest BCUT2D eigenvalue weighted by Gasteiger charge is 2.18. The van der Waals surface area contributed by atoms with Gasteiger partial charge in [-0.05, 0) is 34.5 Å². The fraction of sp³-hybridized carbons (Fsp3) is 0.100. The number of hydrogen-bond acceptors (Lipinski definition) is 4. The molecule has 0 aromatic carbocycles. The Bertz CT molecular complexity index is 570. The minimum absolute atomic E-state index is 0.202. The number of halogens is 2. The molecule has 2 rings (SSSR count). The third kappa shape index (κ3) is 2.32. The van der Waals surface area contributed by atoms with Crippen LogP contribution >= 0.6 is 27.8 Å². The molecule has 17 heavy (non-hydrogen) atoms. The van der Waals surface area contributed by atoms with E-state index in [4.69, 9.17) is 11.9 Å². The number of aryl methyl sites for hydroxylation is 1. The normalized spacial score (nSPS) is 10.3. The van der Waals surface area contributed by atoms with E-state index in [1.165, 1.54) is 10.7 Å². The van der Waals surface area contributed by atoms with Crippen molar-refractivity contribution in [2.45, 2.75) is 6.92 Å². The maximum Gasteiger partial charge on any atom is 0.375 e. The van der Waals surface area contributed by atoms with Crippen molar-refractivity contribution >= 4 is 33.8 Å². The zero-order chi connectivity index (χ0) is 12.4. The van der Waals surface area contributed by atoms with Crippen LogP contribution in [0.5, 0.6) is 0 Å². The van der Waals surface area contributed by atoms with E-state index in [1.807, 2.05) is 13.0 Å². The molecule has 0 amide bonds. The van der Waals surface area contributed by atoms with Gasteiger partial charge in [0.1, 0.15) is 16.5 Å². The van der Waals surface area contributed by atoms with Crippen LogP contribution < -0.4 is 0 Å². The molecule has 0 atom stereocenters. The van der Waals surface area contributed by atoms with E-state index < -0.39 is 5.97 Å². The predicted octanol–water partition coefficient (Wildman–Crippen LogP) is 2.65. The van der Waals surface area contributed by atoms with E-state index in [0.717, 1.165) is 5.56 Å². The average Bonchev–Trinajstić information content (AvgIpc) is 2.71. The first-order chi connectivity index (χ1) is 8.13. The molecule has 0 aliphatic carbocycles. The summed E-state index contributed by atoms with van der Waals surface area (Å²) in [6.45, 7) is 1.87. The van der Waals surface area contributed by atoms with Gasteiger partial charge in [-0.2, -0.15) is 5.10 Å². The molecule has 2 aromatic heterocycles. The van der Waals surface area contributed by atoms with Crippen molar-refractivity contribution in [3.63, 3.8) is 0 Å². The van der Waals surface area contributed by atoms with Crippen LogP contribution in [0.2, 0.25) is 0 Å². The fourth-order valence-electron chi connectivity index (χ4n) is 1.40. The Morgan fingerprint density at radius 2 is 2.35 bits per heavy atom. The molecule has 0 aliphatic rings. The lowest BCUT2D eigenvalue weighted by atomic mass is 10.3. The molecule has 0 spiro atoms. The van der Waals surface area contributed by atoms with Crippen LogP contribution in [0, 0.1) is 6.92 Å². The van der Waals surface area contributed by atoms with E-state index in [9.17, 15) is 4.79 Å². The van der Waals surface area contributed by atoms with Gasteiger partial charge in [-0.15, -0.1) is 0 Å². The zero-order valence-corrected chi connectivity index (χ0v) is 11.1. The van der Waals surface area contributed by atoms with Crippen molar-refractivity contribution in [3.05, 3.63) is 40.3 Å². The largest absolute Gasteiger partial charge is 0.375 e. The predicted molar refractivity (Wildman–Crippen MR) is 65.1 cm³/mol. The van der Waals surface area contributed by atoms with Gasteiger partial charge < -0.3 is 4.29 Å². The number of aromatic nitrogens is 3. The Hall–Kier alpha value is -1.40. The summed E-state index contributed by atoms with van der Waals surface area (Å²) < 4.78 is 6.05. The monoisotopic (exact) mass is 315 g/mol. The fourth-order valence-corrected chi connectivity index (χ4v) is 1.85. The maximum absolute atomic E-state index is 11.5. The molecule has 0 fully saturated rings. The SMILES string of the molecule is Cc1cccnc1-n1nc(Br)cc1C(=O)OCl. The van der Waals surface area contributed by atoms with Crippen LogP contribution in [-0.2, 0) is 4.29 Å². The molecule has 0 bridgehead atoms. The number of carbonyl (C=O) groups excluding carboxylic acids is 1. The van der Waals surface area contributed by atoms with Crippen molar-refractivity contribution in [2.75, 3.05) is 0 Å². The first-order valence-corrected chi connectivity index (χ1v) is 5.74. The standard InChI is InChI=1S/C10H7BrClN3O2/c1-6-3-2-4-13-9(6)15-7(10(16)17-12)5-8(11)14-15/h2-5H,1H3. The highest BCUT2D eigenvalue weighted by molar-refractivity contribution is 9.10. The zero-order valence-electron chi connectivity index (χ0n) is 8.72. The van der Waals surface area contributed by atoms with Gasteiger partial charge in [-0.25, -0.2) is 14.5 Å². The molecule has 2 aromatic rings. The van der Waals surface area contributed by atoms with Crippen LogP contribution in [0.3, 0.4) is 0 Å². The first-order valence-electron chi connectivity index (χ1n) is 4.64. The quantitative estimate of drug-likeness (QED) is 0.854. The number of nitrogens with zero attached hydrogens (tertiary/aromatic N) is 3. The summed E-state index contributed by atoms with van der Waals surface area (Å²) in [5.74, 6) is -0.134. The topological polar surface area (TPSA) is 57.0 Å². The van der Waals surface area contributed by atoms with Crippen molar-refractivity contribution < 1.29 is 9.08 Å². The molecule has 5 nitrogen and oxygen atoms in total. The third-order valence-corrected chi connectivity index (χ3v) is 2.67. The minimum atomic E-state index is -0.685. The lowest BCUT2D eigenvalue weighted by Crippen LogP contribution is -2.11. The van der Waals surface area contributed by atoms with Crippen molar-refractivity contribution in [3.8, 4) is 5.82 Å². The lowest BCUT2D eigenvalue weighted by Gasteiger charge is -2.06. The molecule has 0 aliphatic heterocycles. The molecule has 2 heterocycles. The molecule has 0 radical (unpaired) electrons. The highest BCUT2D eigenvalue weighted by Crippen LogP contribution is 2.18. The third-order valence-electron chi connectivity index (χ3n) is 2.14. The Balaban J connectivity index is 2.60. The van der Waals surface area contributed by atoms with E-state index in [-0.39, 0.29) is 5.69 Å². The average molecular weight is 317 g/mol. The van der Waals surface area contributed by atoms with Crippen LogP contribution in [-0.4, -0.2) is 20.7 Å². The van der Waals surface area contributed by atoms with Crippen LogP contribution in [0.15, 0.2) is 29.0 Å². The van der Waals surface area contributed by atoms with E-state index >= 15 is 0 Å². The number of rotatable bonds is 2. The van der Waals surface area contributed by atoms with Gasteiger partial charge in [-0.1, -0.05) is 6.07 Å². The number of carbonyl (C=O) groups is 1. The first kappa shape index (κ1) is 12.1. The second-order valence-corrected chi connectivity index (χ2v) is 4.24. The summed E-state index contributed by atoms with van der Waals surface area (Å²) in [5, 5.41) is 4.12. The second kappa shape index (κ2) is 4.85. The summed E-state index contributed by atoms with van der Waals surface area (Å²) in [6.07, 6.45) is 1.62. The van der Waals surface area contributed by atoms with Gasteiger partial charge in [0.25, 0.3) is 0 Å². The molecule has 88 valence electrons. The molecule has 7 heteroatoms. The van der Waals surface area contributed by atoms with Crippen LogP contribution in [0.1, 0.15) is 16.1 Å². The summed E-state index contributed by atoms with van der Waals surface area (Å²) in [6, 6.07) is 5.18. The van der Waals surface area contributed by atoms with E-state index in [0.29, 0.717) is 10.4 Å². The van der Waals surface area contributed by atoms with Crippen molar-refractivity contribution in [1.29, 1.82) is 0 Å². The maximum atomic E-state index is 11.5. The molecule has 0 unspecified atom stereocenters. The summed E-state index contributed by atoms with van der Waals surface area (Å²) in [7, 11) is 0. The molecule has 0 saturated carbocycles. The Labute approximate surface area is 111 Å². The van der Waals surface area contributed by atoms with Crippen molar-refractivity contribution in [1.82, 2.24) is 14.8 Å². The van der Waals surface area contributed by atoms with Gasteiger partial charge in [-0.3, -0.25) is 0 Å². The second-order valence-electron chi connectivity index (χ2n) is 3.27. The lowest BCUT2D eigenvalue weighted by molar-refractivity contribution is 0.0741. The molecule has 0 N–H and O–H groups in total. The van der Waals surface area contributed by atoms with E-state index in [1.54, 1.807) is 12.3 Å². The van der Waals surface area contributed by atoms with Gasteiger partial charge >= 0.3 is 5.97 Å². The Morgan fingerprint density at radius 3 is 3.00 bits per heavy atom. The number of hydrogen-bond donors (Lipinski definition) is 0. The van der Waals surface area contributed by atoms with E-state index in [2.05, 4.69) is 30.3 Å². The highest BCUT2D eigenvalue weighted by atomic mass is 79.9. The Kier molecular flexibility index (Phi) is 3.44. The molecule has 0 saturated heterocycles. The van der Waals surface area contributed by atoms with Gasteiger partial charge in [0, 0.05) is 12.3 Å². The minimum Gasteiger partial charge on any atom is -0.342 e. The molecular weight excluding hydrogens is 309 g/mol. The number of pyridine rings is 1. The summed E-state index contributed by atoms with van der Waals surface area (Å²) in [4.78, 5) is 15.6. The smallest absolute Gasteiger partial charge is 0.342 e. The van der Waals surface area contributed by atoms with Crippen molar-refractivity contribution in [2.24, 2.45) is 0 Å². The molecular formula is C10H7BrClN3O2. The summed E-state index contributed by atoms with van der Waals surface area (Å²) in [5.41, 5.74) is 1.08. The van der Waals surface area contributed by atoms with Gasteiger partial charge in [0.05, 0.1) is 0 Å². The van der Waals surface area contributed by atoms with Crippen LogP contribution in [0.25, 0.3) is 5.82 Å². The van der Waals surface area contributed by atoms with Gasteiger partial charge in [0.15, 0.2) is 11.5 Å².